The number of amides is 1. The third-order valence-corrected chi connectivity index (χ3v) is 4.34. The van der Waals surface area contributed by atoms with E-state index in [-0.39, 0.29) is 17.1 Å². The van der Waals surface area contributed by atoms with Gasteiger partial charge in [0.1, 0.15) is 0 Å². The molecule has 0 aliphatic carbocycles. The van der Waals surface area contributed by atoms with Crippen molar-refractivity contribution < 1.29 is 14.7 Å². The van der Waals surface area contributed by atoms with E-state index in [9.17, 15) is 9.59 Å². The zero-order valence-electron chi connectivity index (χ0n) is 11.9. The highest BCUT2D eigenvalue weighted by Gasteiger charge is 2.14. The maximum atomic E-state index is 11.7. The second-order valence-corrected chi connectivity index (χ2v) is 8.00. The Bertz CT molecular complexity index is 466. The number of carboxylic acids is 1. The van der Waals surface area contributed by atoms with Crippen LogP contribution in [-0.2, 0) is 16.0 Å². The predicted molar refractivity (Wildman–Crippen MR) is 83.5 cm³/mol. The maximum absolute atomic E-state index is 11.7. The molecule has 0 radical (unpaired) electrons. The minimum Gasteiger partial charge on any atom is -0.481 e. The summed E-state index contributed by atoms with van der Waals surface area (Å²) >= 11 is 2.95. The van der Waals surface area contributed by atoms with E-state index in [0.29, 0.717) is 23.7 Å². The van der Waals surface area contributed by atoms with E-state index in [1.165, 1.54) is 11.3 Å². The molecule has 0 atom stereocenters. The molecular weight excluding hydrogens is 296 g/mol. The van der Waals surface area contributed by atoms with Crippen LogP contribution in [0.3, 0.4) is 0 Å². The van der Waals surface area contributed by atoms with Gasteiger partial charge in [-0.25, -0.2) is 4.98 Å². The summed E-state index contributed by atoms with van der Waals surface area (Å²) in [6, 6.07) is 0. The molecule has 0 saturated carbocycles. The molecule has 0 aromatic carbocycles. The molecule has 20 heavy (non-hydrogen) atoms. The van der Waals surface area contributed by atoms with Crippen LogP contribution < -0.4 is 5.32 Å². The highest BCUT2D eigenvalue weighted by molar-refractivity contribution is 8.01. The minimum absolute atomic E-state index is 0.0577. The molecule has 2 N–H and O–H groups in total. The second-order valence-electron chi connectivity index (χ2n) is 5.34. The topological polar surface area (TPSA) is 79.3 Å². The first-order chi connectivity index (χ1) is 9.26. The third kappa shape index (κ3) is 7.49. The summed E-state index contributed by atoms with van der Waals surface area (Å²) in [5.41, 5.74) is 0.829. The van der Waals surface area contributed by atoms with Gasteiger partial charge in [-0.15, -0.1) is 23.1 Å². The van der Waals surface area contributed by atoms with Crippen molar-refractivity contribution in [1.29, 1.82) is 0 Å². The molecule has 5 nitrogen and oxygen atoms in total. The van der Waals surface area contributed by atoms with E-state index in [4.69, 9.17) is 5.11 Å². The standard InChI is InChI=1S/C13H20N2O3S2/c1-13(2,3)20-8-10(16)15-12-14-9(7-19-12)5-4-6-11(17)18/h7H,4-6,8H2,1-3H3,(H,17,18)(H,14,15,16). The molecule has 1 rings (SSSR count). The Morgan fingerprint density at radius 1 is 1.45 bits per heavy atom. The number of carbonyl (C=O) groups excluding carboxylic acids is 1. The van der Waals surface area contributed by atoms with Gasteiger partial charge < -0.3 is 10.4 Å². The smallest absolute Gasteiger partial charge is 0.303 e. The van der Waals surface area contributed by atoms with E-state index in [1.54, 1.807) is 11.8 Å². The van der Waals surface area contributed by atoms with Crippen molar-refractivity contribution in [3.8, 4) is 0 Å². The van der Waals surface area contributed by atoms with Crippen molar-refractivity contribution in [2.75, 3.05) is 11.1 Å². The molecule has 1 aromatic rings. The van der Waals surface area contributed by atoms with Gasteiger partial charge in [0.05, 0.1) is 11.4 Å². The van der Waals surface area contributed by atoms with Crippen LogP contribution in [0, 0.1) is 0 Å². The van der Waals surface area contributed by atoms with Crippen molar-refractivity contribution in [3.63, 3.8) is 0 Å². The van der Waals surface area contributed by atoms with E-state index in [2.05, 4.69) is 31.1 Å². The van der Waals surface area contributed by atoms with Gasteiger partial charge >= 0.3 is 5.97 Å². The van der Waals surface area contributed by atoms with Gasteiger partial charge in [0, 0.05) is 16.5 Å². The van der Waals surface area contributed by atoms with Crippen LogP contribution in [0.15, 0.2) is 5.38 Å². The minimum atomic E-state index is -0.798. The molecule has 0 saturated heterocycles. The highest BCUT2D eigenvalue weighted by Crippen LogP contribution is 2.23. The van der Waals surface area contributed by atoms with E-state index < -0.39 is 5.97 Å². The number of carbonyl (C=O) groups is 2. The molecule has 0 aliphatic heterocycles. The van der Waals surface area contributed by atoms with Crippen LogP contribution >= 0.6 is 23.1 Å². The molecule has 0 fully saturated rings. The lowest BCUT2D eigenvalue weighted by atomic mass is 10.2. The largest absolute Gasteiger partial charge is 0.481 e. The predicted octanol–water partition coefficient (Wildman–Crippen LogP) is 3.02. The van der Waals surface area contributed by atoms with Crippen LogP contribution in [0.25, 0.3) is 0 Å². The first-order valence-corrected chi connectivity index (χ1v) is 8.23. The number of hydrogen-bond donors (Lipinski definition) is 2. The monoisotopic (exact) mass is 316 g/mol. The van der Waals surface area contributed by atoms with Crippen molar-refractivity contribution in [3.05, 3.63) is 11.1 Å². The van der Waals surface area contributed by atoms with Crippen LogP contribution in [0.5, 0.6) is 0 Å². The van der Waals surface area contributed by atoms with Crippen molar-refractivity contribution in [2.45, 2.75) is 44.8 Å². The van der Waals surface area contributed by atoms with E-state index in [0.717, 1.165) is 5.69 Å². The average Bonchev–Trinajstić information content (AvgIpc) is 2.73. The zero-order chi connectivity index (χ0) is 15.2. The summed E-state index contributed by atoms with van der Waals surface area (Å²) in [7, 11) is 0. The number of hydrogen-bond acceptors (Lipinski definition) is 5. The van der Waals surface area contributed by atoms with E-state index >= 15 is 0 Å². The van der Waals surface area contributed by atoms with Crippen LogP contribution in [0.2, 0.25) is 0 Å². The Morgan fingerprint density at radius 2 is 2.15 bits per heavy atom. The SMILES string of the molecule is CC(C)(C)SCC(=O)Nc1nc(CCCC(=O)O)cs1. The van der Waals surface area contributed by atoms with Crippen LogP contribution in [0.1, 0.15) is 39.3 Å². The van der Waals surface area contributed by atoms with Gasteiger partial charge in [0.15, 0.2) is 5.13 Å². The number of aliphatic carboxylic acids is 1. The van der Waals surface area contributed by atoms with Crippen molar-refractivity contribution >= 4 is 40.1 Å². The number of anilines is 1. The number of carboxylic acid groups (broad SMARTS) is 1. The van der Waals surface area contributed by atoms with Gasteiger partial charge in [-0.2, -0.15) is 0 Å². The van der Waals surface area contributed by atoms with Crippen molar-refractivity contribution in [2.24, 2.45) is 0 Å². The molecule has 0 unspecified atom stereocenters. The molecule has 7 heteroatoms. The Kier molecular flexibility index (Phi) is 6.48. The zero-order valence-corrected chi connectivity index (χ0v) is 13.6. The van der Waals surface area contributed by atoms with Crippen LogP contribution in [-0.4, -0.2) is 32.5 Å². The quantitative estimate of drug-likeness (QED) is 0.808. The average molecular weight is 316 g/mol. The Labute approximate surface area is 127 Å². The van der Waals surface area contributed by atoms with Crippen molar-refractivity contribution in [1.82, 2.24) is 4.98 Å². The Hall–Kier alpha value is -1.08. The fourth-order valence-electron chi connectivity index (χ4n) is 1.34. The molecule has 1 aromatic heterocycles. The first-order valence-electron chi connectivity index (χ1n) is 6.36. The molecule has 1 heterocycles. The number of nitrogens with one attached hydrogen (secondary N) is 1. The molecule has 0 spiro atoms. The number of aryl methyl sites for hydroxylation is 1. The fraction of sp³-hybridized carbons (Fsp3) is 0.615. The molecular formula is C13H20N2O3S2. The van der Waals surface area contributed by atoms with Gasteiger partial charge in [-0.3, -0.25) is 9.59 Å². The van der Waals surface area contributed by atoms with Gasteiger partial charge in [0.25, 0.3) is 0 Å². The number of rotatable bonds is 7. The number of nitrogens with zero attached hydrogens (tertiary/aromatic N) is 1. The number of aromatic nitrogens is 1. The molecule has 0 bridgehead atoms. The third-order valence-electron chi connectivity index (χ3n) is 2.26. The summed E-state index contributed by atoms with van der Waals surface area (Å²) in [6.07, 6.45) is 1.32. The summed E-state index contributed by atoms with van der Waals surface area (Å²) < 4.78 is 0.0577. The Balaban J connectivity index is 2.36. The van der Waals surface area contributed by atoms with Gasteiger partial charge in [0.2, 0.25) is 5.91 Å². The summed E-state index contributed by atoms with van der Waals surface area (Å²) in [5.74, 6) is -0.457. The summed E-state index contributed by atoms with van der Waals surface area (Å²) in [6.45, 7) is 6.19. The lowest BCUT2D eigenvalue weighted by Gasteiger charge is -2.16. The first kappa shape index (κ1) is 17.0. The Morgan fingerprint density at radius 3 is 2.75 bits per heavy atom. The summed E-state index contributed by atoms with van der Waals surface area (Å²) in [4.78, 5) is 26.4. The molecule has 112 valence electrons. The normalized spacial score (nSPS) is 11.3. The lowest BCUT2D eigenvalue weighted by molar-refractivity contribution is -0.137. The summed E-state index contributed by atoms with van der Waals surface area (Å²) in [5, 5.41) is 13.8. The van der Waals surface area contributed by atoms with E-state index in [1.807, 2.05) is 5.38 Å². The highest BCUT2D eigenvalue weighted by atomic mass is 32.2. The number of thioether (sulfide) groups is 1. The molecule has 0 aliphatic rings. The molecule has 1 amide bonds. The fourth-order valence-corrected chi connectivity index (χ4v) is 2.73. The van der Waals surface area contributed by atoms with Gasteiger partial charge in [-0.05, 0) is 12.8 Å². The lowest BCUT2D eigenvalue weighted by Crippen LogP contribution is -2.18. The number of thiazole rings is 1. The maximum Gasteiger partial charge on any atom is 0.303 e. The van der Waals surface area contributed by atoms with Crippen LogP contribution in [0.4, 0.5) is 5.13 Å². The second kappa shape index (κ2) is 7.64. The van der Waals surface area contributed by atoms with Gasteiger partial charge in [-0.1, -0.05) is 20.8 Å².